The number of hydrogen-bond donors (Lipinski definition) is 1. The number of nitrogens with one attached hydrogen (secondary N) is 1. The van der Waals surface area contributed by atoms with Gasteiger partial charge in [0, 0.05) is 36.2 Å². The highest BCUT2D eigenvalue weighted by molar-refractivity contribution is 6.04. The first-order chi connectivity index (χ1) is 20.1. The maximum atomic E-state index is 14.0. The van der Waals surface area contributed by atoms with Gasteiger partial charge in [0.25, 0.3) is 0 Å². The van der Waals surface area contributed by atoms with Crippen molar-refractivity contribution in [2.45, 2.75) is 71.8 Å². The molecule has 0 aromatic heterocycles. The summed E-state index contributed by atoms with van der Waals surface area (Å²) in [4.78, 5) is 39.3. The first kappa shape index (κ1) is 30.7. The standard InChI is InChI=1S/C33H39NO8/c1-8-18(3)41-33(37)30-19(4)34-24-14-23(21-10-12-26(38-6)28(16-21)39-7)15-25(36)32(24)31(30)22-11-13-27(42-20(5)35)29(17-22)40-9-2/h10-13,16-18,23,31,34H,8-9,14-15H2,1-7H3/t18-,23+,31+/m0/s1. The fraction of sp³-hybridized carbons (Fsp3) is 0.424. The summed E-state index contributed by atoms with van der Waals surface area (Å²) in [6.07, 6.45) is 1.17. The average molecular weight is 578 g/mol. The van der Waals surface area contributed by atoms with E-state index in [0.717, 1.165) is 11.3 Å². The maximum Gasteiger partial charge on any atom is 0.337 e. The van der Waals surface area contributed by atoms with Gasteiger partial charge in [-0.25, -0.2) is 4.79 Å². The van der Waals surface area contributed by atoms with Gasteiger partial charge in [-0.2, -0.15) is 0 Å². The number of allylic oxidation sites excluding steroid dienone is 3. The first-order valence-electron chi connectivity index (χ1n) is 14.2. The van der Waals surface area contributed by atoms with Crippen molar-refractivity contribution in [2.24, 2.45) is 0 Å². The average Bonchev–Trinajstić information content (AvgIpc) is 2.96. The van der Waals surface area contributed by atoms with Crippen LogP contribution in [-0.4, -0.2) is 44.7 Å². The highest BCUT2D eigenvalue weighted by atomic mass is 16.6. The van der Waals surface area contributed by atoms with Crippen molar-refractivity contribution in [1.82, 2.24) is 5.32 Å². The van der Waals surface area contributed by atoms with Gasteiger partial charge in [-0.05, 0) is 74.9 Å². The van der Waals surface area contributed by atoms with Crippen molar-refractivity contribution in [3.05, 3.63) is 70.1 Å². The van der Waals surface area contributed by atoms with Crippen molar-refractivity contribution in [3.63, 3.8) is 0 Å². The van der Waals surface area contributed by atoms with E-state index in [0.29, 0.717) is 59.1 Å². The summed E-state index contributed by atoms with van der Waals surface area (Å²) in [5, 5.41) is 3.38. The van der Waals surface area contributed by atoms with Crippen LogP contribution < -0.4 is 24.3 Å². The molecule has 0 unspecified atom stereocenters. The summed E-state index contributed by atoms with van der Waals surface area (Å²) in [6, 6.07) is 10.8. The van der Waals surface area contributed by atoms with Crippen LogP contribution >= 0.6 is 0 Å². The monoisotopic (exact) mass is 577 g/mol. The third kappa shape index (κ3) is 6.30. The van der Waals surface area contributed by atoms with Gasteiger partial charge < -0.3 is 29.0 Å². The molecule has 1 aliphatic heterocycles. The number of rotatable bonds is 10. The number of ether oxygens (including phenoxy) is 5. The minimum absolute atomic E-state index is 0.0723. The molecule has 3 atom stereocenters. The normalized spacial score (nSPS) is 19.0. The maximum absolute atomic E-state index is 14.0. The van der Waals surface area contributed by atoms with E-state index in [2.05, 4.69) is 5.32 Å². The molecule has 0 spiro atoms. The lowest BCUT2D eigenvalue weighted by molar-refractivity contribution is -0.144. The molecule has 9 nitrogen and oxygen atoms in total. The van der Waals surface area contributed by atoms with E-state index >= 15 is 0 Å². The van der Waals surface area contributed by atoms with Crippen LogP contribution in [0.15, 0.2) is 58.9 Å². The molecule has 1 N–H and O–H groups in total. The molecule has 9 heteroatoms. The Morgan fingerprint density at radius 1 is 0.952 bits per heavy atom. The molecule has 42 heavy (non-hydrogen) atoms. The van der Waals surface area contributed by atoms with Crippen LogP contribution in [0.3, 0.4) is 0 Å². The van der Waals surface area contributed by atoms with Gasteiger partial charge in [0.05, 0.1) is 32.5 Å². The number of dihydropyridines is 1. The SMILES string of the molecule is CCOc1cc([C@@H]2C(C(=O)O[C@@H](C)CC)=C(C)NC3=C2C(=O)C[C@H](c2ccc(OC)c(OC)c2)C3)ccc1OC(C)=O. The summed E-state index contributed by atoms with van der Waals surface area (Å²) in [5.74, 6) is 0.00304. The van der Waals surface area contributed by atoms with Crippen molar-refractivity contribution < 1.29 is 38.1 Å². The Morgan fingerprint density at radius 3 is 2.26 bits per heavy atom. The topological polar surface area (TPSA) is 109 Å². The summed E-state index contributed by atoms with van der Waals surface area (Å²) in [6.45, 7) is 9.08. The lowest BCUT2D eigenvalue weighted by atomic mass is 9.71. The fourth-order valence-corrected chi connectivity index (χ4v) is 5.53. The van der Waals surface area contributed by atoms with Gasteiger partial charge in [-0.1, -0.05) is 19.1 Å². The molecule has 4 rings (SSSR count). The predicted octanol–water partition coefficient (Wildman–Crippen LogP) is 5.73. The minimum atomic E-state index is -0.692. The van der Waals surface area contributed by atoms with E-state index in [9.17, 15) is 14.4 Å². The zero-order chi connectivity index (χ0) is 30.6. The summed E-state index contributed by atoms with van der Waals surface area (Å²) < 4.78 is 27.8. The van der Waals surface area contributed by atoms with Gasteiger partial charge in [-0.3, -0.25) is 9.59 Å². The van der Waals surface area contributed by atoms with Crippen LogP contribution in [-0.2, 0) is 19.1 Å². The van der Waals surface area contributed by atoms with Crippen LogP contribution in [0.4, 0.5) is 0 Å². The number of methoxy groups -OCH3 is 2. The number of Topliss-reactive ketones (excluding diaryl/α,β-unsaturated/α-hetero) is 1. The van der Waals surface area contributed by atoms with Gasteiger partial charge in [0.2, 0.25) is 0 Å². The second-order valence-electron chi connectivity index (χ2n) is 10.5. The van der Waals surface area contributed by atoms with Crippen molar-refractivity contribution in [2.75, 3.05) is 20.8 Å². The van der Waals surface area contributed by atoms with Gasteiger partial charge in [0.15, 0.2) is 28.8 Å². The third-order valence-electron chi connectivity index (χ3n) is 7.66. The molecule has 0 fully saturated rings. The smallest absolute Gasteiger partial charge is 0.337 e. The van der Waals surface area contributed by atoms with E-state index in [1.54, 1.807) is 32.4 Å². The lowest BCUT2D eigenvalue weighted by Gasteiger charge is -2.37. The number of esters is 2. The Hall–Kier alpha value is -4.27. The van der Waals surface area contributed by atoms with Crippen molar-refractivity contribution in [3.8, 4) is 23.0 Å². The Labute approximate surface area is 246 Å². The largest absolute Gasteiger partial charge is 0.493 e. The quantitative estimate of drug-likeness (QED) is 0.280. The first-order valence-corrected chi connectivity index (χ1v) is 14.2. The molecular formula is C33H39NO8. The molecule has 224 valence electrons. The molecule has 1 aliphatic carbocycles. The van der Waals surface area contributed by atoms with E-state index in [-0.39, 0.29) is 30.0 Å². The number of hydrogen-bond acceptors (Lipinski definition) is 9. The van der Waals surface area contributed by atoms with Crippen LogP contribution in [0.1, 0.15) is 76.8 Å². The predicted molar refractivity (Wildman–Crippen MR) is 157 cm³/mol. The minimum Gasteiger partial charge on any atom is -0.493 e. The van der Waals surface area contributed by atoms with Crippen molar-refractivity contribution >= 4 is 17.7 Å². The van der Waals surface area contributed by atoms with Crippen LogP contribution in [0.2, 0.25) is 0 Å². The number of benzene rings is 2. The number of carbonyl (C=O) groups is 3. The number of carbonyl (C=O) groups excluding carboxylic acids is 3. The lowest BCUT2D eigenvalue weighted by Crippen LogP contribution is -2.36. The molecule has 2 aromatic carbocycles. The second-order valence-corrected chi connectivity index (χ2v) is 10.5. The molecule has 2 aliphatic rings. The molecule has 0 radical (unpaired) electrons. The van der Waals surface area contributed by atoms with E-state index in [4.69, 9.17) is 23.7 Å². The van der Waals surface area contributed by atoms with E-state index in [1.807, 2.05) is 45.9 Å². The van der Waals surface area contributed by atoms with Gasteiger partial charge in [0.1, 0.15) is 0 Å². The van der Waals surface area contributed by atoms with Gasteiger partial charge >= 0.3 is 11.9 Å². The second kappa shape index (κ2) is 13.1. The highest BCUT2D eigenvalue weighted by Crippen LogP contribution is 2.47. The Balaban J connectivity index is 1.82. The summed E-state index contributed by atoms with van der Waals surface area (Å²) in [5.41, 5.74) is 3.90. The van der Waals surface area contributed by atoms with Crippen LogP contribution in [0, 0.1) is 0 Å². The van der Waals surface area contributed by atoms with E-state index in [1.165, 1.54) is 6.92 Å². The van der Waals surface area contributed by atoms with Gasteiger partial charge in [-0.15, -0.1) is 0 Å². The molecule has 0 bridgehead atoms. The molecule has 0 saturated heterocycles. The Bertz CT molecular complexity index is 1440. The summed E-state index contributed by atoms with van der Waals surface area (Å²) in [7, 11) is 3.17. The van der Waals surface area contributed by atoms with Crippen LogP contribution in [0.25, 0.3) is 0 Å². The zero-order valence-electron chi connectivity index (χ0n) is 25.3. The third-order valence-corrected chi connectivity index (χ3v) is 7.66. The molecule has 0 saturated carbocycles. The highest BCUT2D eigenvalue weighted by Gasteiger charge is 2.42. The Kier molecular flexibility index (Phi) is 9.60. The number of ketones is 1. The fourth-order valence-electron chi connectivity index (χ4n) is 5.53. The van der Waals surface area contributed by atoms with Crippen molar-refractivity contribution in [1.29, 1.82) is 0 Å². The Morgan fingerprint density at radius 2 is 1.62 bits per heavy atom. The molecule has 1 heterocycles. The zero-order valence-corrected chi connectivity index (χ0v) is 25.3. The van der Waals surface area contributed by atoms with E-state index < -0.39 is 17.9 Å². The molecule has 2 aromatic rings. The molecule has 0 amide bonds. The molecular weight excluding hydrogens is 538 g/mol. The van der Waals surface area contributed by atoms with Crippen LogP contribution in [0.5, 0.6) is 23.0 Å². The summed E-state index contributed by atoms with van der Waals surface area (Å²) >= 11 is 0.